The smallest absolute Gasteiger partial charge is 0.215 e. The molecule has 0 saturated carbocycles. The summed E-state index contributed by atoms with van der Waals surface area (Å²) in [5.41, 5.74) is 1.18. The number of ether oxygens (including phenoxy) is 1. The van der Waals surface area contributed by atoms with Crippen LogP contribution in [0.25, 0.3) is 11.6 Å². The fourth-order valence-corrected chi connectivity index (χ4v) is 1.59. The van der Waals surface area contributed by atoms with Crippen molar-refractivity contribution < 1.29 is 4.74 Å². The van der Waals surface area contributed by atoms with Gasteiger partial charge in [-0.25, -0.2) is 0 Å². The van der Waals surface area contributed by atoms with Crippen LogP contribution in [0, 0.1) is 11.3 Å². The molecule has 0 amide bonds. The van der Waals surface area contributed by atoms with E-state index in [0.29, 0.717) is 12.1 Å². The van der Waals surface area contributed by atoms with Gasteiger partial charge in [-0.2, -0.15) is 10.1 Å². The Balaban J connectivity index is 2.32. The molecule has 6 heteroatoms. The predicted molar refractivity (Wildman–Crippen MR) is 74.5 cm³/mol. The first-order valence-electron chi connectivity index (χ1n) is 5.91. The van der Waals surface area contributed by atoms with Gasteiger partial charge in [0.15, 0.2) is 0 Å². The average Bonchev–Trinajstić information content (AvgIpc) is 2.94. The molecule has 1 aromatic carbocycles. The van der Waals surface area contributed by atoms with Crippen LogP contribution in [0.1, 0.15) is 11.4 Å². The molecule has 0 fully saturated rings. The van der Waals surface area contributed by atoms with Crippen molar-refractivity contribution in [3.05, 3.63) is 48.3 Å². The zero-order valence-corrected chi connectivity index (χ0v) is 11.0. The van der Waals surface area contributed by atoms with E-state index in [9.17, 15) is 5.26 Å². The third kappa shape index (κ3) is 3.09. The van der Waals surface area contributed by atoms with Gasteiger partial charge in [0.1, 0.15) is 17.4 Å². The molecule has 0 saturated heterocycles. The second-order valence-corrected chi connectivity index (χ2v) is 3.90. The van der Waals surface area contributed by atoms with Crippen LogP contribution in [0.15, 0.2) is 36.9 Å². The lowest BCUT2D eigenvalue weighted by Crippen LogP contribution is -1.99. The molecule has 2 rings (SSSR count). The van der Waals surface area contributed by atoms with E-state index in [1.54, 1.807) is 19.3 Å². The van der Waals surface area contributed by atoms with Gasteiger partial charge in [0.05, 0.1) is 13.7 Å². The van der Waals surface area contributed by atoms with Crippen LogP contribution in [0.4, 0.5) is 0 Å². The topological polar surface area (TPSA) is 76.6 Å². The molecule has 100 valence electrons. The second kappa shape index (κ2) is 6.29. The fourth-order valence-electron chi connectivity index (χ4n) is 1.59. The van der Waals surface area contributed by atoms with E-state index in [1.165, 1.54) is 4.80 Å². The molecule has 0 aliphatic carbocycles. The monoisotopic (exact) mass is 267 g/mol. The van der Waals surface area contributed by atoms with E-state index < -0.39 is 0 Å². The highest BCUT2D eigenvalue weighted by Gasteiger charge is 2.08. The first-order valence-corrected chi connectivity index (χ1v) is 5.91. The number of methoxy groups -OCH3 is 1. The normalized spacial score (nSPS) is 10.9. The number of hydrogen-bond acceptors (Lipinski definition) is 5. The van der Waals surface area contributed by atoms with Crippen LogP contribution >= 0.6 is 0 Å². The lowest BCUT2D eigenvalue weighted by molar-refractivity contribution is 0.414. The molecule has 1 heterocycles. The number of rotatable bonds is 5. The van der Waals surface area contributed by atoms with Crippen LogP contribution in [-0.4, -0.2) is 27.3 Å². The Bertz CT molecular complexity index is 681. The molecule has 0 atom stereocenters. The molecule has 1 aromatic heterocycles. The van der Waals surface area contributed by atoms with Gasteiger partial charge in [-0.05, 0) is 29.0 Å². The first-order chi connectivity index (χ1) is 9.76. The molecular weight excluding hydrogens is 254 g/mol. The molecule has 6 nitrogen and oxygen atoms in total. The Labute approximate surface area is 116 Å². The van der Waals surface area contributed by atoms with Gasteiger partial charge in [-0.15, -0.1) is 16.8 Å². The summed E-state index contributed by atoms with van der Waals surface area (Å²) in [6.45, 7) is 4.04. The summed E-state index contributed by atoms with van der Waals surface area (Å²) in [5, 5.41) is 21.0. The van der Waals surface area contributed by atoms with Crippen molar-refractivity contribution in [3.63, 3.8) is 0 Å². The van der Waals surface area contributed by atoms with Crippen molar-refractivity contribution >= 4 is 11.6 Å². The minimum atomic E-state index is 0.289. The lowest BCUT2D eigenvalue weighted by atomic mass is 10.1. The molecule has 0 bridgehead atoms. The van der Waals surface area contributed by atoms with Crippen molar-refractivity contribution in [2.75, 3.05) is 7.11 Å². The van der Waals surface area contributed by atoms with Crippen molar-refractivity contribution in [2.45, 2.75) is 6.54 Å². The number of nitriles is 1. The Morgan fingerprint density at radius 1 is 1.55 bits per heavy atom. The van der Waals surface area contributed by atoms with Crippen molar-refractivity contribution in [2.24, 2.45) is 0 Å². The number of nitrogens with zero attached hydrogens (tertiary/aromatic N) is 5. The number of allylic oxidation sites excluding steroid dienone is 2. The molecule has 0 radical (unpaired) electrons. The van der Waals surface area contributed by atoms with Crippen LogP contribution < -0.4 is 4.74 Å². The first kappa shape index (κ1) is 13.5. The largest absolute Gasteiger partial charge is 0.497 e. The number of hydrogen-bond donors (Lipinski definition) is 0. The zero-order chi connectivity index (χ0) is 14.4. The van der Waals surface area contributed by atoms with Gasteiger partial charge < -0.3 is 4.74 Å². The van der Waals surface area contributed by atoms with Gasteiger partial charge >= 0.3 is 0 Å². The van der Waals surface area contributed by atoms with Crippen LogP contribution in [0.3, 0.4) is 0 Å². The molecule has 0 aliphatic heterocycles. The molecule has 0 N–H and O–H groups in total. The number of tetrazole rings is 1. The van der Waals surface area contributed by atoms with Gasteiger partial charge in [-0.3, -0.25) is 0 Å². The van der Waals surface area contributed by atoms with Gasteiger partial charge in [0, 0.05) is 0 Å². The Kier molecular flexibility index (Phi) is 4.24. The summed E-state index contributed by atoms with van der Waals surface area (Å²) < 4.78 is 5.14. The molecular formula is C14H13N5O. The highest BCUT2D eigenvalue weighted by Crippen LogP contribution is 2.18. The molecule has 0 unspecified atom stereocenters. The standard InChI is InChI=1S/C14H13N5O/c1-3-7-19-17-14(16-18-19)12(10-15)8-11-5-4-6-13(9-11)20-2/h3-6,8-9H,1,7H2,2H3/b12-8+. The fraction of sp³-hybridized carbons (Fsp3) is 0.143. The third-order valence-electron chi connectivity index (χ3n) is 2.51. The second-order valence-electron chi connectivity index (χ2n) is 3.90. The van der Waals surface area contributed by atoms with Gasteiger partial charge in [0.2, 0.25) is 5.82 Å². The Morgan fingerprint density at radius 2 is 2.40 bits per heavy atom. The minimum Gasteiger partial charge on any atom is -0.497 e. The summed E-state index contributed by atoms with van der Waals surface area (Å²) in [5.74, 6) is 1.01. The zero-order valence-electron chi connectivity index (χ0n) is 11.0. The van der Waals surface area contributed by atoms with Crippen LogP contribution in [0.5, 0.6) is 5.75 Å². The molecule has 0 spiro atoms. The van der Waals surface area contributed by atoms with Crippen molar-refractivity contribution in [1.82, 2.24) is 20.2 Å². The molecule has 2 aromatic rings. The maximum Gasteiger partial charge on any atom is 0.215 e. The summed E-state index contributed by atoms with van der Waals surface area (Å²) in [7, 11) is 1.59. The van der Waals surface area contributed by atoms with E-state index >= 15 is 0 Å². The van der Waals surface area contributed by atoms with Gasteiger partial charge in [-0.1, -0.05) is 18.2 Å². The predicted octanol–water partition coefficient (Wildman–Crippen LogP) is 1.93. The van der Waals surface area contributed by atoms with E-state index in [4.69, 9.17) is 4.74 Å². The highest BCUT2D eigenvalue weighted by molar-refractivity contribution is 5.86. The third-order valence-corrected chi connectivity index (χ3v) is 2.51. The maximum atomic E-state index is 9.22. The van der Waals surface area contributed by atoms with Crippen LogP contribution in [0.2, 0.25) is 0 Å². The Morgan fingerprint density at radius 3 is 3.10 bits per heavy atom. The van der Waals surface area contributed by atoms with Gasteiger partial charge in [0.25, 0.3) is 0 Å². The summed E-state index contributed by atoms with van der Waals surface area (Å²) >= 11 is 0. The lowest BCUT2D eigenvalue weighted by Gasteiger charge is -2.00. The number of aromatic nitrogens is 4. The van der Waals surface area contributed by atoms with Crippen LogP contribution in [-0.2, 0) is 6.54 Å². The summed E-state index contributed by atoms with van der Waals surface area (Å²) in [4.78, 5) is 1.37. The summed E-state index contributed by atoms with van der Waals surface area (Å²) in [6.07, 6.45) is 3.35. The van der Waals surface area contributed by atoms with Crippen molar-refractivity contribution in [3.8, 4) is 11.8 Å². The van der Waals surface area contributed by atoms with E-state index in [2.05, 4.69) is 28.1 Å². The quantitative estimate of drug-likeness (QED) is 0.611. The number of benzene rings is 1. The summed E-state index contributed by atoms with van der Waals surface area (Å²) in [6, 6.07) is 9.45. The highest BCUT2D eigenvalue weighted by atomic mass is 16.5. The maximum absolute atomic E-state index is 9.22. The molecule has 0 aliphatic rings. The average molecular weight is 267 g/mol. The minimum absolute atomic E-state index is 0.289. The molecule has 20 heavy (non-hydrogen) atoms. The SMILES string of the molecule is C=CCn1nnc(/C(C#N)=C/c2cccc(OC)c2)n1. The van der Waals surface area contributed by atoms with E-state index in [1.807, 2.05) is 24.3 Å². The Hall–Kier alpha value is -2.94. The van der Waals surface area contributed by atoms with E-state index in [-0.39, 0.29) is 5.82 Å². The van der Waals surface area contributed by atoms with Crippen molar-refractivity contribution in [1.29, 1.82) is 5.26 Å². The van der Waals surface area contributed by atoms with E-state index in [0.717, 1.165) is 11.3 Å².